The van der Waals surface area contributed by atoms with Crippen molar-refractivity contribution in [1.82, 2.24) is 15.3 Å². The lowest BCUT2D eigenvalue weighted by molar-refractivity contribution is 0.0933. The van der Waals surface area contributed by atoms with Crippen molar-refractivity contribution in [3.05, 3.63) is 39.3 Å². The zero-order valence-electron chi connectivity index (χ0n) is 11.3. The highest BCUT2D eigenvalue weighted by molar-refractivity contribution is 9.11. The number of halogens is 1. The summed E-state index contributed by atoms with van der Waals surface area (Å²) in [5, 5.41) is 4.96. The van der Waals surface area contributed by atoms with Crippen molar-refractivity contribution < 1.29 is 4.79 Å². The second-order valence-electron chi connectivity index (χ2n) is 4.95. The number of hydrogen-bond donors (Lipinski definition) is 1. The van der Waals surface area contributed by atoms with Gasteiger partial charge < -0.3 is 10.2 Å². The Morgan fingerprint density at radius 3 is 2.95 bits per heavy atom. The molecule has 0 saturated carbocycles. The molecule has 0 aliphatic carbocycles. The first-order chi connectivity index (χ1) is 10.2. The van der Waals surface area contributed by atoms with Crippen LogP contribution in [-0.2, 0) is 0 Å². The van der Waals surface area contributed by atoms with Gasteiger partial charge in [0.05, 0.1) is 9.35 Å². The summed E-state index contributed by atoms with van der Waals surface area (Å²) >= 11 is 4.90. The maximum Gasteiger partial charge on any atom is 0.252 e. The Morgan fingerprint density at radius 2 is 2.24 bits per heavy atom. The fourth-order valence-electron chi connectivity index (χ4n) is 2.43. The average Bonchev–Trinajstić information content (AvgIpc) is 2.95. The number of nitrogens with zero attached hydrogens (tertiary/aromatic N) is 3. The van der Waals surface area contributed by atoms with Crippen molar-refractivity contribution >= 4 is 39.1 Å². The molecule has 1 atom stereocenters. The molecule has 1 N–H and O–H groups in total. The largest absolute Gasteiger partial charge is 0.347 e. The van der Waals surface area contributed by atoms with Crippen molar-refractivity contribution in [3.63, 3.8) is 0 Å². The molecule has 1 unspecified atom stereocenters. The van der Waals surface area contributed by atoms with Gasteiger partial charge >= 0.3 is 0 Å². The molecule has 0 radical (unpaired) electrons. The molecule has 110 valence electrons. The Labute approximate surface area is 135 Å². The number of piperidine rings is 1. The Morgan fingerprint density at radius 1 is 1.43 bits per heavy atom. The highest BCUT2D eigenvalue weighted by atomic mass is 79.9. The Hall–Kier alpha value is -1.47. The summed E-state index contributed by atoms with van der Waals surface area (Å²) in [7, 11) is 0. The Balaban J connectivity index is 1.62. The summed E-state index contributed by atoms with van der Waals surface area (Å²) in [5.41, 5.74) is 0.708. The second kappa shape index (κ2) is 6.53. The maximum atomic E-state index is 12.2. The standard InChI is InChI=1S/C14H15BrN4OS/c15-12-7-10(9-21-12)13(20)18-11-3-1-6-19(8-11)14-16-4-2-5-17-14/h2,4-5,7,9,11H,1,3,6,8H2,(H,18,20). The first kappa shape index (κ1) is 14.5. The smallest absolute Gasteiger partial charge is 0.252 e. The predicted molar refractivity (Wildman–Crippen MR) is 86.8 cm³/mol. The first-order valence-electron chi connectivity index (χ1n) is 6.79. The topological polar surface area (TPSA) is 58.1 Å². The maximum absolute atomic E-state index is 12.2. The SMILES string of the molecule is O=C(NC1CCCN(c2ncccn2)C1)c1csc(Br)c1. The number of thiophene rings is 1. The molecule has 0 bridgehead atoms. The summed E-state index contributed by atoms with van der Waals surface area (Å²) in [4.78, 5) is 22.9. The van der Waals surface area contributed by atoms with Crippen LogP contribution in [0.15, 0.2) is 33.7 Å². The lowest BCUT2D eigenvalue weighted by Crippen LogP contribution is -2.48. The van der Waals surface area contributed by atoms with Crippen LogP contribution >= 0.6 is 27.3 Å². The Kier molecular flexibility index (Phi) is 4.50. The monoisotopic (exact) mass is 366 g/mol. The third kappa shape index (κ3) is 3.59. The molecule has 1 aliphatic heterocycles. The number of nitrogens with one attached hydrogen (secondary N) is 1. The van der Waals surface area contributed by atoms with Gasteiger partial charge in [0, 0.05) is 36.9 Å². The lowest BCUT2D eigenvalue weighted by atomic mass is 10.1. The predicted octanol–water partition coefficient (Wildman–Crippen LogP) is 2.70. The van der Waals surface area contributed by atoms with Crippen molar-refractivity contribution in [2.75, 3.05) is 18.0 Å². The van der Waals surface area contributed by atoms with E-state index in [0.717, 1.165) is 35.7 Å². The van der Waals surface area contributed by atoms with Crippen LogP contribution in [0, 0.1) is 0 Å². The highest BCUT2D eigenvalue weighted by Gasteiger charge is 2.23. The van der Waals surface area contributed by atoms with Gasteiger partial charge in [-0.15, -0.1) is 11.3 Å². The molecule has 7 heteroatoms. The van der Waals surface area contributed by atoms with Gasteiger partial charge in [-0.2, -0.15) is 0 Å². The second-order valence-corrected chi connectivity index (χ2v) is 7.24. The molecule has 1 saturated heterocycles. The quantitative estimate of drug-likeness (QED) is 0.906. The van der Waals surface area contributed by atoms with Gasteiger partial charge in [-0.05, 0) is 40.9 Å². The zero-order valence-corrected chi connectivity index (χ0v) is 13.7. The number of amides is 1. The van der Waals surface area contributed by atoms with Crippen LogP contribution in [0.3, 0.4) is 0 Å². The molecule has 21 heavy (non-hydrogen) atoms. The van der Waals surface area contributed by atoms with Gasteiger partial charge in [0.1, 0.15) is 0 Å². The van der Waals surface area contributed by atoms with E-state index >= 15 is 0 Å². The third-order valence-electron chi connectivity index (χ3n) is 3.42. The molecule has 1 fully saturated rings. The summed E-state index contributed by atoms with van der Waals surface area (Å²) < 4.78 is 0.968. The third-order valence-corrected chi connectivity index (χ3v) is 4.93. The molecule has 3 heterocycles. The first-order valence-corrected chi connectivity index (χ1v) is 8.46. The molecule has 3 rings (SSSR count). The minimum absolute atomic E-state index is 0.0159. The van der Waals surface area contributed by atoms with Gasteiger partial charge in [-0.1, -0.05) is 0 Å². The minimum atomic E-state index is -0.0159. The van der Waals surface area contributed by atoms with Crippen LogP contribution in [0.1, 0.15) is 23.2 Å². The number of rotatable bonds is 3. The van der Waals surface area contributed by atoms with E-state index in [-0.39, 0.29) is 11.9 Å². The summed E-state index contributed by atoms with van der Waals surface area (Å²) in [6.45, 7) is 1.68. The fraction of sp³-hybridized carbons (Fsp3) is 0.357. The van der Waals surface area contributed by atoms with Crippen LogP contribution in [-0.4, -0.2) is 35.0 Å². The average molecular weight is 367 g/mol. The van der Waals surface area contributed by atoms with E-state index < -0.39 is 0 Å². The summed E-state index contributed by atoms with van der Waals surface area (Å²) in [6.07, 6.45) is 5.50. The fourth-order valence-corrected chi connectivity index (χ4v) is 3.57. The molecule has 5 nitrogen and oxygen atoms in total. The van der Waals surface area contributed by atoms with E-state index in [1.54, 1.807) is 18.5 Å². The van der Waals surface area contributed by atoms with E-state index in [1.807, 2.05) is 11.4 Å². The molecular formula is C14H15BrN4OS. The number of anilines is 1. The van der Waals surface area contributed by atoms with E-state index in [9.17, 15) is 4.79 Å². The number of aromatic nitrogens is 2. The van der Waals surface area contributed by atoms with Crippen molar-refractivity contribution in [2.45, 2.75) is 18.9 Å². The number of carbonyl (C=O) groups is 1. The number of carbonyl (C=O) groups excluding carboxylic acids is 1. The van der Waals surface area contributed by atoms with Gasteiger partial charge in [0.25, 0.3) is 5.91 Å². The van der Waals surface area contributed by atoms with E-state index in [1.165, 1.54) is 11.3 Å². The van der Waals surface area contributed by atoms with Gasteiger partial charge in [0.2, 0.25) is 5.95 Å². The van der Waals surface area contributed by atoms with Crippen molar-refractivity contribution in [2.24, 2.45) is 0 Å². The molecule has 0 spiro atoms. The van der Waals surface area contributed by atoms with Crippen LogP contribution in [0.4, 0.5) is 5.95 Å². The van der Waals surface area contributed by atoms with Gasteiger partial charge in [-0.3, -0.25) is 4.79 Å². The van der Waals surface area contributed by atoms with E-state index in [4.69, 9.17) is 0 Å². The zero-order chi connectivity index (χ0) is 14.7. The van der Waals surface area contributed by atoms with Crippen LogP contribution in [0.25, 0.3) is 0 Å². The van der Waals surface area contributed by atoms with Gasteiger partial charge in [0.15, 0.2) is 0 Å². The minimum Gasteiger partial charge on any atom is -0.347 e. The van der Waals surface area contributed by atoms with E-state index in [2.05, 4.69) is 36.1 Å². The van der Waals surface area contributed by atoms with E-state index in [0.29, 0.717) is 5.56 Å². The molecule has 2 aromatic heterocycles. The van der Waals surface area contributed by atoms with Crippen LogP contribution in [0.2, 0.25) is 0 Å². The van der Waals surface area contributed by atoms with Crippen molar-refractivity contribution in [3.8, 4) is 0 Å². The van der Waals surface area contributed by atoms with Crippen LogP contribution < -0.4 is 10.2 Å². The molecule has 0 aromatic carbocycles. The molecule has 2 aromatic rings. The van der Waals surface area contributed by atoms with Gasteiger partial charge in [-0.25, -0.2) is 9.97 Å². The van der Waals surface area contributed by atoms with Crippen LogP contribution in [0.5, 0.6) is 0 Å². The molecule has 1 amide bonds. The van der Waals surface area contributed by atoms with Crippen molar-refractivity contribution in [1.29, 1.82) is 0 Å². The molecular weight excluding hydrogens is 352 g/mol. The summed E-state index contributed by atoms with van der Waals surface area (Å²) in [5.74, 6) is 0.715. The Bertz CT molecular complexity index is 618. The highest BCUT2D eigenvalue weighted by Crippen LogP contribution is 2.21. The lowest BCUT2D eigenvalue weighted by Gasteiger charge is -2.33. The summed E-state index contributed by atoms with van der Waals surface area (Å²) in [6, 6.07) is 3.79. The normalized spacial score (nSPS) is 18.5. The molecule has 1 aliphatic rings. The number of hydrogen-bond acceptors (Lipinski definition) is 5.